The van der Waals surface area contributed by atoms with Crippen LogP contribution in [0.3, 0.4) is 0 Å². The summed E-state index contributed by atoms with van der Waals surface area (Å²) in [4.78, 5) is 11.5. The summed E-state index contributed by atoms with van der Waals surface area (Å²) in [7, 11) is 0. The molecule has 0 unspecified atom stereocenters. The van der Waals surface area contributed by atoms with Gasteiger partial charge in [0, 0.05) is 11.8 Å². The van der Waals surface area contributed by atoms with Gasteiger partial charge in [-0.25, -0.2) is 0 Å². The molecule has 2 aliphatic rings. The van der Waals surface area contributed by atoms with E-state index < -0.39 is 0 Å². The molecule has 0 radical (unpaired) electrons. The predicted octanol–water partition coefficient (Wildman–Crippen LogP) is 2.57. The van der Waals surface area contributed by atoms with Crippen LogP contribution in [0.4, 0.5) is 0 Å². The quantitative estimate of drug-likeness (QED) is 0.573. The summed E-state index contributed by atoms with van der Waals surface area (Å²) in [5, 5.41) is 0. The molecule has 0 aliphatic heterocycles. The second-order valence-corrected chi connectivity index (χ2v) is 4.09. The van der Waals surface area contributed by atoms with Crippen LogP contribution in [0.15, 0.2) is 12.7 Å². The normalized spacial score (nSPS) is 40.0. The highest BCUT2D eigenvalue weighted by Crippen LogP contribution is 2.47. The zero-order valence-electron chi connectivity index (χ0n) is 7.46. The summed E-state index contributed by atoms with van der Waals surface area (Å²) in [6.45, 7) is 3.70. The van der Waals surface area contributed by atoms with Crippen molar-refractivity contribution in [2.75, 3.05) is 0 Å². The average molecular weight is 164 g/mol. The lowest BCUT2D eigenvalue weighted by atomic mass is 9.57. The van der Waals surface area contributed by atoms with E-state index in [2.05, 4.69) is 6.58 Å². The van der Waals surface area contributed by atoms with E-state index in [0.717, 1.165) is 18.8 Å². The SMILES string of the molecule is C=CC[C@H]1C(=O)[C@@H]2CCCC[C@H]12. The number of rotatable bonds is 2. The summed E-state index contributed by atoms with van der Waals surface area (Å²) in [5.74, 6) is 2.06. The lowest BCUT2D eigenvalue weighted by molar-refractivity contribution is -0.145. The topological polar surface area (TPSA) is 17.1 Å². The monoisotopic (exact) mass is 164 g/mol. The minimum Gasteiger partial charge on any atom is -0.299 e. The number of allylic oxidation sites excluding steroid dienone is 1. The molecule has 66 valence electrons. The van der Waals surface area contributed by atoms with Gasteiger partial charge in [-0.3, -0.25) is 4.79 Å². The molecule has 0 bridgehead atoms. The molecule has 0 amide bonds. The van der Waals surface area contributed by atoms with Gasteiger partial charge in [0.15, 0.2) is 0 Å². The summed E-state index contributed by atoms with van der Waals surface area (Å²) in [5.41, 5.74) is 0. The van der Waals surface area contributed by atoms with Crippen molar-refractivity contribution >= 4 is 5.78 Å². The Labute approximate surface area is 73.8 Å². The summed E-state index contributed by atoms with van der Waals surface area (Å²) in [6.07, 6.45) is 7.87. The fourth-order valence-electron chi connectivity index (χ4n) is 2.83. The first-order valence-corrected chi connectivity index (χ1v) is 4.99. The smallest absolute Gasteiger partial charge is 0.139 e. The Bertz CT molecular complexity index is 207. The van der Waals surface area contributed by atoms with Gasteiger partial charge < -0.3 is 0 Å². The van der Waals surface area contributed by atoms with E-state index in [4.69, 9.17) is 0 Å². The second-order valence-electron chi connectivity index (χ2n) is 4.09. The zero-order valence-corrected chi connectivity index (χ0v) is 7.46. The molecule has 0 aromatic rings. The molecule has 2 rings (SSSR count). The summed E-state index contributed by atoms with van der Waals surface area (Å²) < 4.78 is 0. The van der Waals surface area contributed by atoms with Crippen molar-refractivity contribution in [1.82, 2.24) is 0 Å². The average Bonchev–Trinajstić information content (AvgIpc) is 2.13. The first-order chi connectivity index (χ1) is 5.84. The number of Topliss-reactive ketones (excluding diaryl/α,β-unsaturated/α-hetero) is 1. The van der Waals surface area contributed by atoms with Crippen molar-refractivity contribution in [3.05, 3.63) is 12.7 Å². The van der Waals surface area contributed by atoms with E-state index in [1.54, 1.807) is 0 Å². The fraction of sp³-hybridized carbons (Fsp3) is 0.727. The van der Waals surface area contributed by atoms with E-state index in [-0.39, 0.29) is 0 Å². The van der Waals surface area contributed by atoms with Gasteiger partial charge in [0.25, 0.3) is 0 Å². The van der Waals surface area contributed by atoms with Crippen LogP contribution in [-0.4, -0.2) is 5.78 Å². The zero-order chi connectivity index (χ0) is 8.55. The molecule has 0 N–H and O–H groups in total. The van der Waals surface area contributed by atoms with Crippen LogP contribution in [0.2, 0.25) is 0 Å². The highest BCUT2D eigenvalue weighted by atomic mass is 16.1. The molecule has 1 nitrogen and oxygen atoms in total. The van der Waals surface area contributed by atoms with E-state index in [9.17, 15) is 4.79 Å². The van der Waals surface area contributed by atoms with Gasteiger partial charge in [-0.2, -0.15) is 0 Å². The van der Waals surface area contributed by atoms with Gasteiger partial charge in [-0.15, -0.1) is 6.58 Å². The molecule has 12 heavy (non-hydrogen) atoms. The largest absolute Gasteiger partial charge is 0.299 e. The molecular formula is C11H16O. The van der Waals surface area contributed by atoms with Crippen molar-refractivity contribution in [3.8, 4) is 0 Å². The molecule has 2 saturated carbocycles. The first kappa shape index (κ1) is 8.03. The maximum Gasteiger partial charge on any atom is 0.139 e. The summed E-state index contributed by atoms with van der Waals surface area (Å²) >= 11 is 0. The van der Waals surface area contributed by atoms with Crippen LogP contribution in [0.5, 0.6) is 0 Å². The number of carbonyl (C=O) groups excluding carboxylic acids is 1. The number of fused-ring (bicyclic) bond motifs is 1. The van der Waals surface area contributed by atoms with E-state index >= 15 is 0 Å². The molecular weight excluding hydrogens is 148 g/mol. The Morgan fingerprint density at radius 1 is 1.42 bits per heavy atom. The fourth-order valence-corrected chi connectivity index (χ4v) is 2.83. The molecule has 3 atom stereocenters. The lowest BCUT2D eigenvalue weighted by Crippen LogP contribution is -2.48. The minimum atomic E-state index is 0.354. The standard InChI is InChI=1S/C11H16O/c1-2-5-9-8-6-3-4-7-10(8)11(9)12/h2,8-10H,1,3-7H2/t8-,9-,10-/m1/s1. The highest BCUT2D eigenvalue weighted by molar-refractivity contribution is 5.90. The second kappa shape index (κ2) is 3.04. The number of carbonyl (C=O) groups is 1. The van der Waals surface area contributed by atoms with Gasteiger partial charge in [0.2, 0.25) is 0 Å². The van der Waals surface area contributed by atoms with Gasteiger partial charge in [0.1, 0.15) is 5.78 Å². The van der Waals surface area contributed by atoms with Gasteiger partial charge in [-0.1, -0.05) is 18.9 Å². The van der Waals surface area contributed by atoms with Crippen molar-refractivity contribution < 1.29 is 4.79 Å². The number of hydrogen-bond donors (Lipinski definition) is 0. The third-order valence-corrected chi connectivity index (χ3v) is 3.49. The van der Waals surface area contributed by atoms with Gasteiger partial charge in [-0.05, 0) is 25.2 Å². The minimum absolute atomic E-state index is 0.354. The Morgan fingerprint density at radius 3 is 2.92 bits per heavy atom. The van der Waals surface area contributed by atoms with E-state index in [1.807, 2.05) is 6.08 Å². The number of ketones is 1. The van der Waals surface area contributed by atoms with Crippen molar-refractivity contribution in [1.29, 1.82) is 0 Å². The summed E-state index contributed by atoms with van der Waals surface area (Å²) in [6, 6.07) is 0. The molecule has 0 aromatic carbocycles. The van der Waals surface area contributed by atoms with Crippen molar-refractivity contribution in [2.24, 2.45) is 17.8 Å². The molecule has 0 heterocycles. The van der Waals surface area contributed by atoms with Crippen LogP contribution in [0, 0.1) is 17.8 Å². The van der Waals surface area contributed by atoms with Crippen LogP contribution in [0.1, 0.15) is 32.1 Å². The van der Waals surface area contributed by atoms with Crippen LogP contribution in [-0.2, 0) is 4.79 Å². The first-order valence-electron chi connectivity index (χ1n) is 4.99. The van der Waals surface area contributed by atoms with Gasteiger partial charge >= 0.3 is 0 Å². The van der Waals surface area contributed by atoms with Crippen molar-refractivity contribution in [3.63, 3.8) is 0 Å². The lowest BCUT2D eigenvalue weighted by Gasteiger charge is -2.45. The predicted molar refractivity (Wildman–Crippen MR) is 48.8 cm³/mol. The van der Waals surface area contributed by atoms with Crippen molar-refractivity contribution in [2.45, 2.75) is 32.1 Å². The van der Waals surface area contributed by atoms with Crippen LogP contribution in [0.25, 0.3) is 0 Å². The van der Waals surface area contributed by atoms with Gasteiger partial charge in [0.05, 0.1) is 0 Å². The van der Waals surface area contributed by atoms with E-state index in [0.29, 0.717) is 17.6 Å². The van der Waals surface area contributed by atoms with E-state index in [1.165, 1.54) is 19.3 Å². The maximum atomic E-state index is 11.5. The Balaban J connectivity index is 2.00. The number of hydrogen-bond acceptors (Lipinski definition) is 1. The molecule has 0 spiro atoms. The molecule has 2 aliphatic carbocycles. The molecule has 0 aromatic heterocycles. The van der Waals surface area contributed by atoms with Crippen LogP contribution >= 0.6 is 0 Å². The molecule has 1 heteroatoms. The Hall–Kier alpha value is -0.590. The van der Waals surface area contributed by atoms with Crippen LogP contribution < -0.4 is 0 Å². The maximum absolute atomic E-state index is 11.5. The highest BCUT2D eigenvalue weighted by Gasteiger charge is 2.48. The third-order valence-electron chi connectivity index (χ3n) is 3.49. The Morgan fingerprint density at radius 2 is 2.17 bits per heavy atom. The molecule has 0 saturated heterocycles. The Kier molecular flexibility index (Phi) is 2.03. The third kappa shape index (κ3) is 1.03. The molecule has 2 fully saturated rings.